The van der Waals surface area contributed by atoms with Crippen molar-refractivity contribution in [1.29, 1.82) is 0 Å². The molecule has 5 nitrogen and oxygen atoms in total. The molecule has 0 spiro atoms. The molecule has 0 bridgehead atoms. The molecule has 0 aliphatic rings. The van der Waals surface area contributed by atoms with Crippen molar-refractivity contribution < 1.29 is 9.90 Å². The van der Waals surface area contributed by atoms with Gasteiger partial charge in [0.05, 0.1) is 12.2 Å². The van der Waals surface area contributed by atoms with Crippen LogP contribution in [0.3, 0.4) is 0 Å². The van der Waals surface area contributed by atoms with Crippen LogP contribution in [0.25, 0.3) is 0 Å². The van der Waals surface area contributed by atoms with E-state index in [4.69, 9.17) is 5.11 Å². The molecule has 0 aliphatic heterocycles. The van der Waals surface area contributed by atoms with Crippen LogP contribution in [0.15, 0.2) is 36.5 Å². The lowest BCUT2D eigenvalue weighted by atomic mass is 10.1. The van der Waals surface area contributed by atoms with Crippen molar-refractivity contribution in [2.24, 2.45) is 0 Å². The first-order chi connectivity index (χ1) is 7.70. The molecule has 1 atom stereocenters. The molecule has 2 aromatic rings. The van der Waals surface area contributed by atoms with Gasteiger partial charge in [0.2, 0.25) is 0 Å². The van der Waals surface area contributed by atoms with Gasteiger partial charge in [-0.15, -0.1) is 5.10 Å². The molecule has 1 aromatic heterocycles. The Balaban J connectivity index is 2.38. The van der Waals surface area contributed by atoms with Crippen LogP contribution in [0.4, 0.5) is 0 Å². The molecule has 82 valence electrons. The number of aromatic carboxylic acids is 1. The lowest BCUT2D eigenvalue weighted by Gasteiger charge is -2.12. The summed E-state index contributed by atoms with van der Waals surface area (Å²) in [6.45, 7) is 1.89. The topological polar surface area (TPSA) is 68.0 Å². The fourth-order valence-electron chi connectivity index (χ4n) is 1.56. The number of rotatable bonds is 3. The second-order valence-corrected chi connectivity index (χ2v) is 3.46. The molecule has 0 unspecified atom stereocenters. The summed E-state index contributed by atoms with van der Waals surface area (Å²) in [5.41, 5.74) is 1.09. The highest BCUT2D eigenvalue weighted by Crippen LogP contribution is 2.17. The summed E-state index contributed by atoms with van der Waals surface area (Å²) in [4.78, 5) is 10.9. The molecule has 0 fully saturated rings. The zero-order valence-electron chi connectivity index (χ0n) is 8.74. The molecular weight excluding hydrogens is 206 g/mol. The normalized spacial score (nSPS) is 12.3. The Morgan fingerprint density at radius 2 is 2.06 bits per heavy atom. The van der Waals surface area contributed by atoms with Crippen LogP contribution in [0.1, 0.15) is 29.0 Å². The Hall–Kier alpha value is -2.17. The maximum absolute atomic E-state index is 10.9. The van der Waals surface area contributed by atoms with E-state index in [2.05, 4.69) is 10.3 Å². The van der Waals surface area contributed by atoms with Crippen LogP contribution in [-0.2, 0) is 0 Å². The van der Waals surface area contributed by atoms with E-state index in [-0.39, 0.29) is 11.7 Å². The SMILES string of the molecule is C[C@H](c1ccccc1)n1nncc1C(=O)O. The van der Waals surface area contributed by atoms with Crippen LogP contribution in [0.5, 0.6) is 0 Å². The standard InChI is InChI=1S/C11H11N3O2/c1-8(9-5-3-2-4-6-9)14-10(11(15)16)7-12-13-14/h2-8H,1H3,(H,15,16)/t8-/m1/s1. The molecule has 0 saturated heterocycles. The number of nitrogens with zero attached hydrogens (tertiary/aromatic N) is 3. The maximum atomic E-state index is 10.9. The van der Waals surface area contributed by atoms with E-state index in [1.807, 2.05) is 37.3 Å². The zero-order chi connectivity index (χ0) is 11.5. The van der Waals surface area contributed by atoms with E-state index < -0.39 is 5.97 Å². The second kappa shape index (κ2) is 4.14. The Morgan fingerprint density at radius 1 is 1.38 bits per heavy atom. The minimum Gasteiger partial charge on any atom is -0.476 e. The molecule has 0 radical (unpaired) electrons. The molecular formula is C11H11N3O2. The largest absolute Gasteiger partial charge is 0.476 e. The van der Waals surface area contributed by atoms with Gasteiger partial charge in [-0.25, -0.2) is 9.48 Å². The van der Waals surface area contributed by atoms with Crippen molar-refractivity contribution in [2.45, 2.75) is 13.0 Å². The third-order valence-electron chi connectivity index (χ3n) is 2.44. The lowest BCUT2D eigenvalue weighted by molar-refractivity contribution is 0.0682. The highest BCUT2D eigenvalue weighted by atomic mass is 16.4. The van der Waals surface area contributed by atoms with Gasteiger partial charge in [-0.05, 0) is 12.5 Å². The second-order valence-electron chi connectivity index (χ2n) is 3.46. The first-order valence-corrected chi connectivity index (χ1v) is 4.88. The van der Waals surface area contributed by atoms with Crippen LogP contribution in [0, 0.1) is 0 Å². The van der Waals surface area contributed by atoms with Crippen LogP contribution in [0.2, 0.25) is 0 Å². The predicted octanol–water partition coefficient (Wildman–Crippen LogP) is 1.59. The van der Waals surface area contributed by atoms with Gasteiger partial charge in [0.15, 0.2) is 5.69 Å². The van der Waals surface area contributed by atoms with Gasteiger partial charge < -0.3 is 5.11 Å². The monoisotopic (exact) mass is 217 g/mol. The van der Waals surface area contributed by atoms with Crippen LogP contribution >= 0.6 is 0 Å². The van der Waals surface area contributed by atoms with E-state index in [0.29, 0.717) is 0 Å². The molecule has 1 N–H and O–H groups in total. The van der Waals surface area contributed by atoms with Gasteiger partial charge in [0, 0.05) is 0 Å². The summed E-state index contributed by atoms with van der Waals surface area (Å²) in [6.07, 6.45) is 1.25. The molecule has 16 heavy (non-hydrogen) atoms. The molecule has 1 aromatic carbocycles. The van der Waals surface area contributed by atoms with Crippen molar-refractivity contribution in [3.63, 3.8) is 0 Å². The lowest BCUT2D eigenvalue weighted by Crippen LogP contribution is -2.15. The predicted molar refractivity (Wildman–Crippen MR) is 57.2 cm³/mol. The number of carbonyl (C=O) groups is 1. The molecule has 0 aliphatic carbocycles. The molecule has 5 heteroatoms. The summed E-state index contributed by atoms with van der Waals surface area (Å²) in [7, 11) is 0. The highest BCUT2D eigenvalue weighted by Gasteiger charge is 2.17. The average Bonchev–Trinajstić information content (AvgIpc) is 2.78. The molecule has 2 rings (SSSR count). The fourth-order valence-corrected chi connectivity index (χ4v) is 1.56. The van der Waals surface area contributed by atoms with Gasteiger partial charge in [-0.3, -0.25) is 0 Å². The zero-order valence-corrected chi connectivity index (χ0v) is 8.74. The van der Waals surface area contributed by atoms with E-state index in [0.717, 1.165) is 5.56 Å². The average molecular weight is 217 g/mol. The minimum absolute atomic E-state index is 0.0938. The number of carboxylic acid groups (broad SMARTS) is 1. The van der Waals surface area contributed by atoms with Crippen molar-refractivity contribution in [3.05, 3.63) is 47.8 Å². The molecule has 0 saturated carbocycles. The smallest absolute Gasteiger partial charge is 0.355 e. The number of hydrogen-bond acceptors (Lipinski definition) is 3. The van der Waals surface area contributed by atoms with Crippen molar-refractivity contribution >= 4 is 5.97 Å². The Kier molecular flexibility index (Phi) is 2.68. The van der Waals surface area contributed by atoms with Gasteiger partial charge in [-0.2, -0.15) is 0 Å². The first-order valence-electron chi connectivity index (χ1n) is 4.88. The van der Waals surface area contributed by atoms with Gasteiger partial charge in [0.25, 0.3) is 0 Å². The summed E-state index contributed by atoms with van der Waals surface area (Å²) in [6, 6.07) is 9.44. The van der Waals surface area contributed by atoms with E-state index in [9.17, 15) is 4.79 Å². The Morgan fingerprint density at radius 3 is 2.69 bits per heavy atom. The van der Waals surface area contributed by atoms with Crippen LogP contribution < -0.4 is 0 Å². The van der Waals surface area contributed by atoms with Gasteiger partial charge >= 0.3 is 5.97 Å². The third-order valence-corrected chi connectivity index (χ3v) is 2.44. The Bertz CT molecular complexity index is 493. The first kappa shape index (κ1) is 10.4. The van der Waals surface area contributed by atoms with E-state index in [1.165, 1.54) is 10.9 Å². The van der Waals surface area contributed by atoms with E-state index in [1.54, 1.807) is 0 Å². The van der Waals surface area contributed by atoms with Crippen molar-refractivity contribution in [3.8, 4) is 0 Å². The van der Waals surface area contributed by atoms with E-state index >= 15 is 0 Å². The third kappa shape index (κ3) is 1.79. The van der Waals surface area contributed by atoms with Crippen LogP contribution in [-0.4, -0.2) is 26.1 Å². The van der Waals surface area contributed by atoms with Gasteiger partial charge in [0.1, 0.15) is 0 Å². The molecule has 1 heterocycles. The quantitative estimate of drug-likeness (QED) is 0.847. The fraction of sp³-hybridized carbons (Fsp3) is 0.182. The summed E-state index contributed by atoms with van der Waals surface area (Å²) >= 11 is 0. The number of hydrogen-bond donors (Lipinski definition) is 1. The highest BCUT2D eigenvalue weighted by molar-refractivity contribution is 5.85. The number of carboxylic acids is 1. The number of aromatic nitrogens is 3. The minimum atomic E-state index is -1.02. The molecule has 0 amide bonds. The van der Waals surface area contributed by atoms with Crippen molar-refractivity contribution in [2.75, 3.05) is 0 Å². The van der Waals surface area contributed by atoms with Gasteiger partial charge in [-0.1, -0.05) is 35.5 Å². The van der Waals surface area contributed by atoms with Crippen molar-refractivity contribution in [1.82, 2.24) is 15.0 Å². The Labute approximate surface area is 92.3 Å². The maximum Gasteiger partial charge on any atom is 0.355 e. The summed E-state index contributed by atoms with van der Waals surface area (Å²) in [5, 5.41) is 16.4. The number of benzene rings is 1. The summed E-state index contributed by atoms with van der Waals surface area (Å²) in [5.74, 6) is -1.02. The summed E-state index contributed by atoms with van der Waals surface area (Å²) < 4.78 is 1.40.